The van der Waals surface area contributed by atoms with E-state index in [1.165, 1.54) is 41.9 Å². The minimum atomic E-state index is 0.187. The van der Waals surface area contributed by atoms with Crippen molar-refractivity contribution in [2.24, 2.45) is 11.7 Å². The van der Waals surface area contributed by atoms with Crippen molar-refractivity contribution in [1.82, 2.24) is 0 Å². The second kappa shape index (κ2) is 4.95. The highest BCUT2D eigenvalue weighted by molar-refractivity contribution is 7.12. The van der Waals surface area contributed by atoms with Crippen LogP contribution in [0.5, 0.6) is 0 Å². The topological polar surface area (TPSA) is 35.2 Å². The van der Waals surface area contributed by atoms with Crippen molar-refractivity contribution in [3.05, 3.63) is 21.9 Å². The van der Waals surface area contributed by atoms with Gasteiger partial charge in [-0.15, -0.1) is 11.3 Å². The van der Waals surface area contributed by atoms with Gasteiger partial charge >= 0.3 is 0 Å². The molecule has 0 radical (unpaired) electrons. The number of hydrogen-bond donors (Lipinski definition) is 1. The molecular formula is C15H23NOS. The van der Waals surface area contributed by atoms with Gasteiger partial charge in [0.1, 0.15) is 0 Å². The Morgan fingerprint density at radius 2 is 2.17 bits per heavy atom. The molecule has 3 heteroatoms. The van der Waals surface area contributed by atoms with Crippen LogP contribution >= 0.6 is 11.3 Å². The van der Waals surface area contributed by atoms with Crippen molar-refractivity contribution >= 4 is 11.3 Å². The summed E-state index contributed by atoms with van der Waals surface area (Å²) in [6.07, 6.45) is 7.46. The number of thiophene rings is 1. The molecule has 0 amide bonds. The molecule has 18 heavy (non-hydrogen) atoms. The first-order chi connectivity index (χ1) is 8.69. The van der Waals surface area contributed by atoms with Crippen molar-refractivity contribution in [3.63, 3.8) is 0 Å². The molecule has 2 unspecified atom stereocenters. The Hall–Kier alpha value is -0.380. The third kappa shape index (κ3) is 2.36. The summed E-state index contributed by atoms with van der Waals surface area (Å²) in [6.45, 7) is 3.06. The van der Waals surface area contributed by atoms with Gasteiger partial charge in [0.25, 0.3) is 0 Å². The maximum absolute atomic E-state index is 6.49. The fourth-order valence-corrected chi connectivity index (χ4v) is 4.58. The highest BCUT2D eigenvalue weighted by atomic mass is 32.1. The molecule has 0 bridgehead atoms. The van der Waals surface area contributed by atoms with Gasteiger partial charge in [-0.05, 0) is 50.7 Å². The van der Waals surface area contributed by atoms with Crippen LogP contribution in [0.4, 0.5) is 0 Å². The van der Waals surface area contributed by atoms with E-state index < -0.39 is 0 Å². The molecule has 1 saturated carbocycles. The van der Waals surface area contributed by atoms with Gasteiger partial charge < -0.3 is 10.5 Å². The lowest BCUT2D eigenvalue weighted by atomic mass is 9.80. The normalized spacial score (nSPS) is 28.7. The molecule has 1 spiro atoms. The molecule has 1 aliphatic heterocycles. The Balaban J connectivity index is 1.72. The summed E-state index contributed by atoms with van der Waals surface area (Å²) < 4.78 is 6.10. The van der Waals surface area contributed by atoms with Crippen LogP contribution in [-0.2, 0) is 4.74 Å². The Morgan fingerprint density at radius 3 is 2.83 bits per heavy atom. The van der Waals surface area contributed by atoms with Gasteiger partial charge in [0, 0.05) is 22.4 Å². The Bertz CT molecular complexity index is 408. The molecule has 2 nitrogen and oxygen atoms in total. The summed E-state index contributed by atoms with van der Waals surface area (Å²) in [5, 5.41) is 0. The zero-order valence-corrected chi connectivity index (χ0v) is 12.0. The Morgan fingerprint density at radius 1 is 1.39 bits per heavy atom. The lowest BCUT2D eigenvalue weighted by molar-refractivity contribution is -0.0962. The van der Waals surface area contributed by atoms with Gasteiger partial charge in [-0.2, -0.15) is 0 Å². The van der Waals surface area contributed by atoms with Crippen LogP contribution in [0.25, 0.3) is 0 Å². The van der Waals surface area contributed by atoms with Crippen LogP contribution in [0.1, 0.15) is 54.3 Å². The second-order valence-electron chi connectivity index (χ2n) is 5.97. The molecule has 3 rings (SSSR count). The molecule has 2 atom stereocenters. The minimum Gasteiger partial charge on any atom is -0.375 e. The van der Waals surface area contributed by atoms with Gasteiger partial charge in [0.2, 0.25) is 0 Å². The van der Waals surface area contributed by atoms with E-state index in [9.17, 15) is 0 Å². The van der Waals surface area contributed by atoms with Crippen molar-refractivity contribution in [1.29, 1.82) is 0 Å². The SMILES string of the molecule is Cc1ccc(C(N)C2CCOC3(CCCC3)C2)s1. The number of hydrogen-bond acceptors (Lipinski definition) is 3. The van der Waals surface area contributed by atoms with E-state index in [-0.39, 0.29) is 11.6 Å². The second-order valence-corrected chi connectivity index (χ2v) is 7.29. The van der Waals surface area contributed by atoms with E-state index in [0.29, 0.717) is 5.92 Å². The van der Waals surface area contributed by atoms with Crippen LogP contribution < -0.4 is 5.73 Å². The summed E-state index contributed by atoms with van der Waals surface area (Å²) >= 11 is 1.85. The van der Waals surface area contributed by atoms with Crippen LogP contribution in [0, 0.1) is 12.8 Å². The molecule has 2 fully saturated rings. The standard InChI is InChI=1S/C15H23NOS/c1-11-4-5-13(18-11)14(16)12-6-9-17-15(10-12)7-2-3-8-15/h4-5,12,14H,2-3,6-10,16H2,1H3. The third-order valence-electron chi connectivity index (χ3n) is 4.64. The molecule has 1 aromatic heterocycles. The van der Waals surface area contributed by atoms with Gasteiger partial charge in [-0.1, -0.05) is 12.8 Å². The van der Waals surface area contributed by atoms with Crippen LogP contribution in [0.2, 0.25) is 0 Å². The molecule has 1 saturated heterocycles. The molecule has 1 aromatic rings. The highest BCUT2D eigenvalue weighted by Gasteiger charge is 2.41. The number of ether oxygens (including phenoxy) is 1. The van der Waals surface area contributed by atoms with Crippen LogP contribution in [0.15, 0.2) is 12.1 Å². The highest BCUT2D eigenvalue weighted by Crippen LogP contribution is 2.45. The Labute approximate surface area is 114 Å². The van der Waals surface area contributed by atoms with E-state index in [2.05, 4.69) is 19.1 Å². The number of aryl methyl sites for hydroxylation is 1. The monoisotopic (exact) mass is 265 g/mol. The number of nitrogens with two attached hydrogens (primary N) is 1. The fraction of sp³-hybridized carbons (Fsp3) is 0.733. The first kappa shape index (κ1) is 12.6. The van der Waals surface area contributed by atoms with Crippen LogP contribution in [0.3, 0.4) is 0 Å². The molecule has 1 aliphatic carbocycles. The van der Waals surface area contributed by atoms with Crippen molar-refractivity contribution in [2.45, 2.75) is 57.1 Å². The molecule has 0 aromatic carbocycles. The van der Waals surface area contributed by atoms with E-state index in [1.54, 1.807) is 0 Å². The average Bonchev–Trinajstić information content (AvgIpc) is 2.98. The van der Waals surface area contributed by atoms with E-state index in [0.717, 1.165) is 13.0 Å². The zero-order chi connectivity index (χ0) is 12.6. The maximum atomic E-state index is 6.49. The molecule has 2 heterocycles. The predicted molar refractivity (Wildman–Crippen MR) is 75.9 cm³/mol. The van der Waals surface area contributed by atoms with Crippen molar-refractivity contribution in [2.75, 3.05) is 6.61 Å². The Kier molecular flexibility index (Phi) is 3.48. The third-order valence-corrected chi connectivity index (χ3v) is 5.75. The van der Waals surface area contributed by atoms with Crippen molar-refractivity contribution in [3.8, 4) is 0 Å². The number of rotatable bonds is 2. The first-order valence-electron chi connectivity index (χ1n) is 7.14. The average molecular weight is 265 g/mol. The van der Waals surface area contributed by atoms with Gasteiger partial charge in [0.05, 0.1) is 5.60 Å². The van der Waals surface area contributed by atoms with Crippen LogP contribution in [-0.4, -0.2) is 12.2 Å². The largest absolute Gasteiger partial charge is 0.375 e. The zero-order valence-electron chi connectivity index (χ0n) is 11.2. The molecule has 2 N–H and O–H groups in total. The van der Waals surface area contributed by atoms with E-state index >= 15 is 0 Å². The smallest absolute Gasteiger partial charge is 0.0686 e. The summed E-state index contributed by atoms with van der Waals surface area (Å²) in [4.78, 5) is 2.72. The first-order valence-corrected chi connectivity index (χ1v) is 7.96. The van der Waals surface area contributed by atoms with Crippen molar-refractivity contribution < 1.29 is 4.74 Å². The lowest BCUT2D eigenvalue weighted by Gasteiger charge is -2.40. The molecule has 100 valence electrons. The molecule has 2 aliphatic rings. The fourth-order valence-electron chi connectivity index (χ4n) is 3.60. The van der Waals surface area contributed by atoms with Gasteiger partial charge in [-0.25, -0.2) is 0 Å². The van der Waals surface area contributed by atoms with Gasteiger partial charge in [-0.3, -0.25) is 0 Å². The summed E-state index contributed by atoms with van der Waals surface area (Å²) in [5.41, 5.74) is 6.68. The quantitative estimate of drug-likeness (QED) is 0.883. The maximum Gasteiger partial charge on any atom is 0.0686 e. The van der Waals surface area contributed by atoms with E-state index in [4.69, 9.17) is 10.5 Å². The lowest BCUT2D eigenvalue weighted by Crippen LogP contribution is -2.40. The molecular weight excluding hydrogens is 242 g/mol. The summed E-state index contributed by atoms with van der Waals surface area (Å²) in [5.74, 6) is 0.606. The minimum absolute atomic E-state index is 0.187. The summed E-state index contributed by atoms with van der Waals surface area (Å²) in [7, 11) is 0. The predicted octanol–water partition coefficient (Wildman–Crippen LogP) is 3.80. The summed E-state index contributed by atoms with van der Waals surface area (Å²) in [6, 6.07) is 4.61. The van der Waals surface area contributed by atoms with E-state index in [1.807, 2.05) is 11.3 Å². The van der Waals surface area contributed by atoms with Gasteiger partial charge in [0.15, 0.2) is 0 Å².